The number of benzene rings is 2. The number of hydrogen-bond acceptors (Lipinski definition) is 4. The summed E-state index contributed by atoms with van der Waals surface area (Å²) in [6, 6.07) is 16.5. The van der Waals surface area contributed by atoms with Gasteiger partial charge in [-0.05, 0) is 30.5 Å². The molecule has 1 amide bonds. The maximum absolute atomic E-state index is 12.6. The van der Waals surface area contributed by atoms with Gasteiger partial charge in [-0.1, -0.05) is 48.0 Å². The Morgan fingerprint density at radius 2 is 1.88 bits per heavy atom. The molecule has 0 aliphatic carbocycles. The number of carbonyl (C=O) groups is 2. The number of pyridine rings is 1. The summed E-state index contributed by atoms with van der Waals surface area (Å²) in [5.41, 5.74) is 1.05. The SMILES string of the molecule is CCN(C(=O)COC(=O)c1ccnc(Cl)c1)c1cccc2ccccc12. The first kappa shape index (κ1) is 17.9. The van der Waals surface area contributed by atoms with E-state index in [1.54, 1.807) is 4.90 Å². The van der Waals surface area contributed by atoms with Gasteiger partial charge in [0.1, 0.15) is 5.15 Å². The van der Waals surface area contributed by atoms with Crippen molar-refractivity contribution in [1.82, 2.24) is 4.98 Å². The second kappa shape index (κ2) is 7.97. The Balaban J connectivity index is 1.76. The van der Waals surface area contributed by atoms with Crippen molar-refractivity contribution >= 4 is 39.9 Å². The number of carbonyl (C=O) groups excluding carboxylic acids is 2. The van der Waals surface area contributed by atoms with Crippen LogP contribution in [0.15, 0.2) is 60.8 Å². The lowest BCUT2D eigenvalue weighted by atomic mass is 10.1. The van der Waals surface area contributed by atoms with Gasteiger partial charge >= 0.3 is 5.97 Å². The Hall–Kier alpha value is -2.92. The molecule has 0 radical (unpaired) electrons. The largest absolute Gasteiger partial charge is 0.452 e. The summed E-state index contributed by atoms with van der Waals surface area (Å²) in [5, 5.41) is 2.20. The highest BCUT2D eigenvalue weighted by Gasteiger charge is 2.18. The molecular weight excluding hydrogens is 352 g/mol. The van der Waals surface area contributed by atoms with Crippen molar-refractivity contribution in [2.75, 3.05) is 18.1 Å². The van der Waals surface area contributed by atoms with Crippen molar-refractivity contribution in [3.63, 3.8) is 0 Å². The molecule has 0 atom stereocenters. The molecule has 1 aromatic heterocycles. The number of halogens is 1. The summed E-state index contributed by atoms with van der Waals surface area (Å²) in [6.45, 7) is 1.99. The van der Waals surface area contributed by atoms with Crippen molar-refractivity contribution in [1.29, 1.82) is 0 Å². The number of esters is 1. The van der Waals surface area contributed by atoms with Crippen molar-refractivity contribution in [2.24, 2.45) is 0 Å². The van der Waals surface area contributed by atoms with E-state index in [-0.39, 0.29) is 23.2 Å². The number of nitrogens with zero attached hydrogens (tertiary/aromatic N) is 2. The van der Waals surface area contributed by atoms with Crippen LogP contribution in [0.25, 0.3) is 10.8 Å². The zero-order chi connectivity index (χ0) is 18.5. The minimum Gasteiger partial charge on any atom is -0.452 e. The zero-order valence-corrected chi connectivity index (χ0v) is 14.9. The molecule has 0 spiro atoms. The number of amides is 1. The lowest BCUT2D eigenvalue weighted by Crippen LogP contribution is -2.34. The third-order valence-corrected chi connectivity index (χ3v) is 4.17. The first-order chi connectivity index (χ1) is 12.6. The standard InChI is InChI=1S/C20H17ClN2O3/c1-2-23(17-9-5-7-14-6-3-4-8-16(14)17)19(24)13-26-20(25)15-10-11-22-18(21)12-15/h3-12H,2,13H2,1H3. The molecule has 0 N–H and O–H groups in total. The van der Waals surface area contributed by atoms with Crippen molar-refractivity contribution in [3.05, 3.63) is 71.5 Å². The normalized spacial score (nSPS) is 10.5. The fourth-order valence-corrected chi connectivity index (χ4v) is 2.92. The Morgan fingerprint density at radius 3 is 2.65 bits per heavy atom. The van der Waals surface area contributed by atoms with Gasteiger partial charge in [-0.2, -0.15) is 0 Å². The highest BCUT2D eigenvalue weighted by atomic mass is 35.5. The van der Waals surface area contributed by atoms with Gasteiger partial charge in [-0.3, -0.25) is 4.79 Å². The summed E-state index contributed by atoms with van der Waals surface area (Å²) >= 11 is 5.77. The highest BCUT2D eigenvalue weighted by Crippen LogP contribution is 2.26. The van der Waals surface area contributed by atoms with Crippen LogP contribution in [0.5, 0.6) is 0 Å². The van der Waals surface area contributed by atoms with Crippen LogP contribution in [0.2, 0.25) is 5.15 Å². The average Bonchev–Trinajstić information content (AvgIpc) is 2.67. The van der Waals surface area contributed by atoms with Crippen LogP contribution in [0.4, 0.5) is 5.69 Å². The zero-order valence-electron chi connectivity index (χ0n) is 14.2. The molecule has 0 bridgehead atoms. The van der Waals surface area contributed by atoms with Gasteiger partial charge in [0, 0.05) is 18.1 Å². The third kappa shape index (κ3) is 3.83. The summed E-state index contributed by atoms with van der Waals surface area (Å²) < 4.78 is 5.14. The van der Waals surface area contributed by atoms with E-state index in [1.165, 1.54) is 18.3 Å². The molecule has 5 nitrogen and oxygen atoms in total. The molecule has 6 heteroatoms. The molecule has 26 heavy (non-hydrogen) atoms. The van der Waals surface area contributed by atoms with E-state index in [1.807, 2.05) is 49.4 Å². The molecule has 0 fully saturated rings. The topological polar surface area (TPSA) is 59.5 Å². The van der Waals surface area contributed by atoms with Crippen LogP contribution < -0.4 is 4.90 Å². The third-order valence-electron chi connectivity index (χ3n) is 3.96. The second-order valence-corrected chi connectivity index (χ2v) is 5.97. The van der Waals surface area contributed by atoms with Crippen LogP contribution in [-0.2, 0) is 9.53 Å². The number of ether oxygens (including phenoxy) is 1. The van der Waals surface area contributed by atoms with Gasteiger partial charge in [0.25, 0.3) is 5.91 Å². The molecule has 0 saturated carbocycles. The van der Waals surface area contributed by atoms with Crippen molar-refractivity contribution in [2.45, 2.75) is 6.92 Å². The molecule has 3 rings (SSSR count). The first-order valence-electron chi connectivity index (χ1n) is 8.17. The monoisotopic (exact) mass is 368 g/mol. The molecule has 0 saturated heterocycles. The Labute approximate surface area is 156 Å². The molecule has 0 aliphatic heterocycles. The number of likely N-dealkylation sites (N-methyl/N-ethyl adjacent to an activating group) is 1. The summed E-state index contributed by atoms with van der Waals surface area (Å²) in [6.07, 6.45) is 1.41. The van der Waals surface area contributed by atoms with E-state index >= 15 is 0 Å². The lowest BCUT2D eigenvalue weighted by Gasteiger charge is -2.22. The first-order valence-corrected chi connectivity index (χ1v) is 8.54. The van der Waals surface area contributed by atoms with Crippen molar-refractivity contribution < 1.29 is 14.3 Å². The predicted molar refractivity (Wildman–Crippen MR) is 102 cm³/mol. The van der Waals surface area contributed by atoms with Crippen molar-refractivity contribution in [3.8, 4) is 0 Å². The van der Waals surface area contributed by atoms with E-state index in [9.17, 15) is 9.59 Å². The van der Waals surface area contributed by atoms with Crippen LogP contribution >= 0.6 is 11.6 Å². The Kier molecular flexibility index (Phi) is 5.49. The van der Waals surface area contributed by atoms with Gasteiger partial charge < -0.3 is 9.64 Å². The highest BCUT2D eigenvalue weighted by molar-refractivity contribution is 6.29. The minimum absolute atomic E-state index is 0.191. The fourth-order valence-electron chi connectivity index (χ4n) is 2.74. The fraction of sp³-hybridized carbons (Fsp3) is 0.150. The van der Waals surface area contributed by atoms with Gasteiger partial charge in [0.15, 0.2) is 6.61 Å². The van der Waals surface area contributed by atoms with E-state index in [4.69, 9.17) is 16.3 Å². The lowest BCUT2D eigenvalue weighted by molar-refractivity contribution is -0.121. The van der Waals surface area contributed by atoms with Crippen LogP contribution in [0, 0.1) is 0 Å². The number of rotatable bonds is 5. The number of anilines is 1. The van der Waals surface area contributed by atoms with E-state index in [0.29, 0.717) is 6.54 Å². The van der Waals surface area contributed by atoms with Crippen LogP contribution in [0.1, 0.15) is 17.3 Å². The number of aromatic nitrogens is 1. The molecular formula is C20H17ClN2O3. The predicted octanol–water partition coefficient (Wildman–Crippen LogP) is 4.10. The summed E-state index contributed by atoms with van der Waals surface area (Å²) in [7, 11) is 0. The summed E-state index contributed by atoms with van der Waals surface area (Å²) in [4.78, 5) is 30.1. The van der Waals surface area contributed by atoms with E-state index < -0.39 is 5.97 Å². The molecule has 1 heterocycles. The van der Waals surface area contributed by atoms with Gasteiger partial charge in [0.2, 0.25) is 0 Å². The van der Waals surface area contributed by atoms with Crippen LogP contribution in [-0.4, -0.2) is 30.0 Å². The van der Waals surface area contributed by atoms with E-state index in [0.717, 1.165) is 16.5 Å². The molecule has 0 aliphatic rings. The smallest absolute Gasteiger partial charge is 0.338 e. The molecule has 132 valence electrons. The molecule has 2 aromatic carbocycles. The van der Waals surface area contributed by atoms with E-state index in [2.05, 4.69) is 4.98 Å². The van der Waals surface area contributed by atoms with Gasteiger partial charge in [0.05, 0.1) is 11.3 Å². The minimum atomic E-state index is -0.614. The maximum Gasteiger partial charge on any atom is 0.338 e. The summed E-state index contributed by atoms with van der Waals surface area (Å²) in [5.74, 6) is -0.908. The van der Waals surface area contributed by atoms with Gasteiger partial charge in [-0.15, -0.1) is 0 Å². The number of fused-ring (bicyclic) bond motifs is 1. The maximum atomic E-state index is 12.6. The number of hydrogen-bond donors (Lipinski definition) is 0. The second-order valence-electron chi connectivity index (χ2n) is 5.58. The Bertz CT molecular complexity index is 953. The Morgan fingerprint density at radius 1 is 1.12 bits per heavy atom. The molecule has 0 unspecified atom stereocenters. The van der Waals surface area contributed by atoms with Gasteiger partial charge in [-0.25, -0.2) is 9.78 Å². The average molecular weight is 369 g/mol. The molecule has 3 aromatic rings. The van der Waals surface area contributed by atoms with Crippen LogP contribution in [0.3, 0.4) is 0 Å². The quantitative estimate of drug-likeness (QED) is 0.502.